The number of hydrogen-bond donors (Lipinski definition) is 1. The third-order valence-electron chi connectivity index (χ3n) is 1.36. The van der Waals surface area contributed by atoms with Crippen molar-refractivity contribution in [2.24, 2.45) is 0 Å². The van der Waals surface area contributed by atoms with Crippen molar-refractivity contribution in [1.82, 2.24) is 5.32 Å². The smallest absolute Gasteiger partial charge is 0.102 e. The second kappa shape index (κ2) is 1.95. The maximum absolute atomic E-state index is 3.19. The molecule has 9 heavy (non-hydrogen) atoms. The molecule has 2 heteroatoms. The lowest BCUT2D eigenvalue weighted by Gasteiger charge is -2.11. The Kier molecular flexibility index (Phi) is 1.12. The minimum atomic E-state index is 0.440. The molecule has 0 amide bonds. The van der Waals surface area contributed by atoms with Crippen LogP contribution in [-0.2, 0) is 0 Å². The minimum Gasteiger partial charge on any atom is -0.375 e. The molecule has 0 spiro atoms. The van der Waals surface area contributed by atoms with Gasteiger partial charge in [-0.3, -0.25) is 0 Å². The van der Waals surface area contributed by atoms with Crippen LogP contribution in [-0.4, -0.2) is 5.37 Å². The molecule has 2 rings (SSSR count). The normalized spacial score (nSPS) is 29.3. The molecule has 1 atom stereocenters. The molecule has 1 radical (unpaired) electrons. The van der Waals surface area contributed by atoms with Gasteiger partial charge in [0.2, 0.25) is 0 Å². The van der Waals surface area contributed by atoms with Crippen LogP contribution in [0, 0.1) is 5.41 Å². The molecule has 0 fully saturated rings. The Labute approximate surface area is 58.5 Å². The van der Waals surface area contributed by atoms with Gasteiger partial charge in [-0.05, 0) is 23.9 Å². The van der Waals surface area contributed by atoms with Crippen LogP contribution in [0.2, 0.25) is 0 Å². The summed E-state index contributed by atoms with van der Waals surface area (Å²) in [6, 6.07) is 0. The van der Waals surface area contributed by atoms with E-state index in [1.54, 1.807) is 11.8 Å². The highest BCUT2D eigenvalue weighted by atomic mass is 32.2. The molecule has 0 aromatic heterocycles. The molecule has 0 saturated heterocycles. The number of rotatable bonds is 0. The van der Waals surface area contributed by atoms with Gasteiger partial charge in [-0.25, -0.2) is 0 Å². The first-order valence-electron chi connectivity index (χ1n) is 2.84. The third-order valence-corrected chi connectivity index (χ3v) is 2.27. The summed E-state index contributed by atoms with van der Waals surface area (Å²) >= 11 is 1.69. The van der Waals surface area contributed by atoms with Crippen molar-refractivity contribution in [2.45, 2.75) is 5.37 Å². The SMILES string of the molecule is [C]1=CC=C2C=CNC2S1. The molecule has 1 unspecified atom stereocenters. The summed E-state index contributed by atoms with van der Waals surface area (Å²) in [5.74, 6) is 0. The van der Waals surface area contributed by atoms with E-state index in [1.165, 1.54) is 5.57 Å². The number of nitrogens with one attached hydrogen (secondary N) is 1. The Hall–Kier alpha value is -0.630. The van der Waals surface area contributed by atoms with Gasteiger partial charge in [-0.1, -0.05) is 17.8 Å². The highest BCUT2D eigenvalue weighted by molar-refractivity contribution is 8.01. The van der Waals surface area contributed by atoms with E-state index in [0.29, 0.717) is 5.37 Å². The Balaban J connectivity index is 2.31. The zero-order valence-electron chi connectivity index (χ0n) is 4.79. The predicted octanol–water partition coefficient (Wildman–Crippen LogP) is 1.42. The van der Waals surface area contributed by atoms with Crippen LogP contribution in [0.5, 0.6) is 0 Å². The fourth-order valence-electron chi connectivity index (χ4n) is 0.898. The average Bonchev–Trinajstić information content (AvgIpc) is 2.33. The van der Waals surface area contributed by atoms with E-state index in [2.05, 4.69) is 22.9 Å². The molecule has 0 bridgehead atoms. The van der Waals surface area contributed by atoms with Crippen LogP contribution in [0.25, 0.3) is 0 Å². The Bertz CT molecular complexity index is 203. The standard InChI is InChI=1S/C7H6NS/c1-2-6-3-4-8-7(6)9-5-1/h1-4,7-8H. The Morgan fingerprint density at radius 1 is 1.67 bits per heavy atom. The first kappa shape index (κ1) is 5.18. The molecule has 45 valence electrons. The lowest BCUT2D eigenvalue weighted by Crippen LogP contribution is -2.16. The van der Waals surface area contributed by atoms with Gasteiger partial charge in [0.15, 0.2) is 0 Å². The highest BCUT2D eigenvalue weighted by Crippen LogP contribution is 2.25. The van der Waals surface area contributed by atoms with Gasteiger partial charge in [0.1, 0.15) is 5.37 Å². The molecule has 0 aromatic carbocycles. The molecule has 1 nitrogen and oxygen atoms in total. The van der Waals surface area contributed by atoms with Crippen molar-refractivity contribution >= 4 is 11.8 Å². The van der Waals surface area contributed by atoms with E-state index in [4.69, 9.17) is 0 Å². The lowest BCUT2D eigenvalue weighted by molar-refractivity contribution is 0.943. The largest absolute Gasteiger partial charge is 0.375 e. The second-order valence-electron chi connectivity index (χ2n) is 1.95. The number of hydrogen-bond acceptors (Lipinski definition) is 2. The van der Waals surface area contributed by atoms with Crippen molar-refractivity contribution in [2.75, 3.05) is 0 Å². The Morgan fingerprint density at radius 3 is 3.56 bits per heavy atom. The fraction of sp³-hybridized carbons (Fsp3) is 0.143. The molecular formula is C7H6NS. The molecule has 0 saturated carbocycles. The van der Waals surface area contributed by atoms with Gasteiger partial charge in [0.05, 0.1) is 0 Å². The third kappa shape index (κ3) is 0.793. The first-order chi connectivity index (χ1) is 4.47. The van der Waals surface area contributed by atoms with Gasteiger partial charge >= 0.3 is 0 Å². The minimum absolute atomic E-state index is 0.440. The van der Waals surface area contributed by atoms with E-state index < -0.39 is 0 Å². The summed E-state index contributed by atoms with van der Waals surface area (Å²) < 4.78 is 0. The summed E-state index contributed by atoms with van der Waals surface area (Å²) in [4.78, 5) is 0. The van der Waals surface area contributed by atoms with Crippen LogP contribution >= 0.6 is 11.8 Å². The van der Waals surface area contributed by atoms with Gasteiger partial charge in [-0.15, -0.1) is 0 Å². The molecule has 2 aliphatic heterocycles. The van der Waals surface area contributed by atoms with Crippen LogP contribution < -0.4 is 5.32 Å². The zero-order valence-corrected chi connectivity index (χ0v) is 5.61. The van der Waals surface area contributed by atoms with Gasteiger partial charge < -0.3 is 5.32 Å². The first-order valence-corrected chi connectivity index (χ1v) is 3.72. The molecule has 0 aromatic rings. The summed E-state index contributed by atoms with van der Waals surface area (Å²) in [5, 5.41) is 6.70. The summed E-state index contributed by atoms with van der Waals surface area (Å²) in [5.41, 5.74) is 1.35. The number of fused-ring (bicyclic) bond motifs is 1. The van der Waals surface area contributed by atoms with Crippen LogP contribution in [0.1, 0.15) is 0 Å². The van der Waals surface area contributed by atoms with E-state index in [-0.39, 0.29) is 0 Å². The highest BCUT2D eigenvalue weighted by Gasteiger charge is 2.15. The maximum Gasteiger partial charge on any atom is 0.102 e. The van der Waals surface area contributed by atoms with Crippen molar-refractivity contribution in [3.63, 3.8) is 0 Å². The summed E-state index contributed by atoms with van der Waals surface area (Å²) in [6.07, 6.45) is 8.10. The summed E-state index contributed by atoms with van der Waals surface area (Å²) in [6.45, 7) is 0. The van der Waals surface area contributed by atoms with E-state index in [9.17, 15) is 0 Å². The molecular weight excluding hydrogens is 130 g/mol. The quantitative estimate of drug-likeness (QED) is 0.540. The van der Waals surface area contributed by atoms with Gasteiger partial charge in [0.25, 0.3) is 0 Å². The van der Waals surface area contributed by atoms with Crippen LogP contribution in [0.15, 0.2) is 30.0 Å². The second-order valence-corrected chi connectivity index (χ2v) is 2.89. The van der Waals surface area contributed by atoms with Crippen LogP contribution in [0.3, 0.4) is 0 Å². The molecule has 2 aliphatic rings. The monoisotopic (exact) mass is 136 g/mol. The molecule has 1 N–H and O–H groups in total. The summed E-state index contributed by atoms with van der Waals surface area (Å²) in [7, 11) is 0. The van der Waals surface area contributed by atoms with Crippen molar-refractivity contribution in [3.05, 3.63) is 35.4 Å². The van der Waals surface area contributed by atoms with E-state index in [0.717, 1.165) is 0 Å². The predicted molar refractivity (Wildman–Crippen MR) is 39.6 cm³/mol. The van der Waals surface area contributed by atoms with Crippen molar-refractivity contribution in [3.8, 4) is 0 Å². The van der Waals surface area contributed by atoms with E-state index in [1.807, 2.05) is 12.3 Å². The van der Waals surface area contributed by atoms with Gasteiger partial charge in [-0.2, -0.15) is 0 Å². The zero-order chi connectivity index (χ0) is 6.10. The van der Waals surface area contributed by atoms with Gasteiger partial charge in [0, 0.05) is 5.41 Å². The fourth-order valence-corrected chi connectivity index (χ4v) is 1.62. The number of allylic oxidation sites excluding steroid dienone is 2. The topological polar surface area (TPSA) is 12.0 Å². The van der Waals surface area contributed by atoms with Crippen LogP contribution in [0.4, 0.5) is 0 Å². The molecule has 2 heterocycles. The Morgan fingerprint density at radius 2 is 2.67 bits per heavy atom. The number of thioether (sulfide) groups is 1. The van der Waals surface area contributed by atoms with Crippen molar-refractivity contribution in [1.29, 1.82) is 0 Å². The molecule has 0 aliphatic carbocycles. The van der Waals surface area contributed by atoms with Crippen molar-refractivity contribution < 1.29 is 0 Å². The van der Waals surface area contributed by atoms with E-state index >= 15 is 0 Å². The lowest BCUT2D eigenvalue weighted by atomic mass is 10.2. The average molecular weight is 136 g/mol. The maximum atomic E-state index is 3.19.